The molecular formula is C11H21NO3. The summed E-state index contributed by atoms with van der Waals surface area (Å²) < 4.78 is 0. The summed E-state index contributed by atoms with van der Waals surface area (Å²) in [5.41, 5.74) is 5.30. The molecule has 1 saturated carbocycles. The Hall–Kier alpha value is -0.610. The van der Waals surface area contributed by atoms with Crippen LogP contribution in [0, 0.1) is 11.3 Å². The van der Waals surface area contributed by atoms with Crippen LogP contribution in [0.2, 0.25) is 0 Å². The molecule has 0 unspecified atom stereocenters. The zero-order chi connectivity index (χ0) is 11.3. The van der Waals surface area contributed by atoms with Gasteiger partial charge in [0.25, 0.3) is 0 Å². The molecule has 1 amide bonds. The molecule has 0 aromatic rings. The first kappa shape index (κ1) is 12.5. The molecule has 0 aromatic heterocycles. The molecule has 0 atom stereocenters. The zero-order valence-electron chi connectivity index (χ0n) is 9.11. The van der Waals surface area contributed by atoms with E-state index in [1.807, 2.05) is 0 Å². The summed E-state index contributed by atoms with van der Waals surface area (Å²) in [6.07, 6.45) is 4.83. The molecule has 1 aliphatic carbocycles. The predicted molar refractivity (Wildman–Crippen MR) is 57.0 cm³/mol. The van der Waals surface area contributed by atoms with Crippen molar-refractivity contribution in [3.63, 3.8) is 0 Å². The van der Waals surface area contributed by atoms with E-state index >= 15 is 0 Å². The first-order valence-electron chi connectivity index (χ1n) is 5.64. The Morgan fingerprint density at radius 3 is 2.00 bits per heavy atom. The summed E-state index contributed by atoms with van der Waals surface area (Å²) in [7, 11) is 0. The van der Waals surface area contributed by atoms with E-state index in [9.17, 15) is 4.79 Å². The molecule has 4 heteroatoms. The van der Waals surface area contributed by atoms with Crippen molar-refractivity contribution in [2.24, 2.45) is 17.1 Å². The van der Waals surface area contributed by atoms with E-state index in [2.05, 4.69) is 0 Å². The minimum atomic E-state index is -0.211. The Balaban J connectivity index is 2.52. The van der Waals surface area contributed by atoms with E-state index in [4.69, 9.17) is 15.9 Å². The average Bonchev–Trinajstić information content (AvgIpc) is 2.19. The number of primary amides is 1. The first-order chi connectivity index (χ1) is 7.13. The van der Waals surface area contributed by atoms with Gasteiger partial charge in [-0.2, -0.15) is 0 Å². The number of amides is 1. The molecule has 0 saturated heterocycles. The lowest BCUT2D eigenvalue weighted by Gasteiger charge is -2.39. The van der Waals surface area contributed by atoms with Gasteiger partial charge in [0.05, 0.1) is 0 Å². The van der Waals surface area contributed by atoms with Crippen LogP contribution in [-0.2, 0) is 4.79 Å². The van der Waals surface area contributed by atoms with Gasteiger partial charge < -0.3 is 15.9 Å². The Morgan fingerprint density at radius 1 is 1.20 bits per heavy atom. The van der Waals surface area contributed by atoms with Gasteiger partial charge in [-0.05, 0) is 43.9 Å². The number of rotatable bonds is 5. The predicted octanol–water partition coefficient (Wildman–Crippen LogP) is 0.413. The quantitative estimate of drug-likeness (QED) is 0.621. The SMILES string of the molecule is NC(=O)C1CCC(CCO)(CCO)CC1. The maximum absolute atomic E-state index is 11.0. The van der Waals surface area contributed by atoms with Gasteiger partial charge in [-0.1, -0.05) is 0 Å². The highest BCUT2D eigenvalue weighted by Gasteiger charge is 2.35. The maximum atomic E-state index is 11.0. The van der Waals surface area contributed by atoms with Crippen molar-refractivity contribution in [2.75, 3.05) is 13.2 Å². The highest BCUT2D eigenvalue weighted by molar-refractivity contribution is 5.76. The van der Waals surface area contributed by atoms with Crippen molar-refractivity contribution in [1.29, 1.82) is 0 Å². The van der Waals surface area contributed by atoms with Crippen LogP contribution in [0.1, 0.15) is 38.5 Å². The summed E-state index contributed by atoms with van der Waals surface area (Å²) in [6, 6.07) is 0. The topological polar surface area (TPSA) is 83.6 Å². The van der Waals surface area contributed by atoms with E-state index in [1.54, 1.807) is 0 Å². The second-order valence-corrected chi connectivity index (χ2v) is 4.62. The fourth-order valence-electron chi connectivity index (χ4n) is 2.61. The first-order valence-corrected chi connectivity index (χ1v) is 5.64. The zero-order valence-corrected chi connectivity index (χ0v) is 9.11. The van der Waals surface area contributed by atoms with Crippen molar-refractivity contribution < 1.29 is 15.0 Å². The van der Waals surface area contributed by atoms with Gasteiger partial charge in [-0.15, -0.1) is 0 Å². The second-order valence-electron chi connectivity index (χ2n) is 4.62. The van der Waals surface area contributed by atoms with Crippen molar-refractivity contribution in [2.45, 2.75) is 38.5 Å². The Kier molecular flexibility index (Phi) is 4.54. The van der Waals surface area contributed by atoms with E-state index in [-0.39, 0.29) is 30.5 Å². The van der Waals surface area contributed by atoms with Crippen LogP contribution in [0.25, 0.3) is 0 Å². The summed E-state index contributed by atoms with van der Waals surface area (Å²) >= 11 is 0. The van der Waals surface area contributed by atoms with E-state index < -0.39 is 0 Å². The van der Waals surface area contributed by atoms with Crippen LogP contribution in [-0.4, -0.2) is 29.3 Å². The second kappa shape index (κ2) is 5.47. The Morgan fingerprint density at radius 2 is 1.67 bits per heavy atom. The van der Waals surface area contributed by atoms with Crippen LogP contribution in [0.4, 0.5) is 0 Å². The molecule has 0 heterocycles. The molecule has 0 bridgehead atoms. The molecule has 1 aliphatic rings. The minimum absolute atomic E-state index is 0.00416. The van der Waals surface area contributed by atoms with Gasteiger partial charge in [-0.25, -0.2) is 0 Å². The fourth-order valence-corrected chi connectivity index (χ4v) is 2.61. The van der Waals surface area contributed by atoms with Gasteiger partial charge in [-0.3, -0.25) is 4.79 Å². The third-order valence-electron chi connectivity index (χ3n) is 3.73. The molecule has 1 rings (SSSR count). The fraction of sp³-hybridized carbons (Fsp3) is 0.909. The highest BCUT2D eigenvalue weighted by atomic mass is 16.3. The van der Waals surface area contributed by atoms with Crippen LogP contribution in [0.5, 0.6) is 0 Å². The van der Waals surface area contributed by atoms with Crippen LogP contribution in [0.15, 0.2) is 0 Å². The number of nitrogens with two attached hydrogens (primary N) is 1. The molecule has 4 nitrogen and oxygen atoms in total. The Bertz CT molecular complexity index is 202. The molecule has 0 spiro atoms. The van der Waals surface area contributed by atoms with Crippen LogP contribution < -0.4 is 5.73 Å². The van der Waals surface area contributed by atoms with Gasteiger partial charge >= 0.3 is 0 Å². The Labute approximate surface area is 90.5 Å². The number of aliphatic hydroxyl groups excluding tert-OH is 2. The maximum Gasteiger partial charge on any atom is 0.220 e. The number of carbonyl (C=O) groups excluding carboxylic acids is 1. The lowest BCUT2D eigenvalue weighted by atomic mass is 9.67. The lowest BCUT2D eigenvalue weighted by molar-refractivity contribution is -0.123. The highest BCUT2D eigenvalue weighted by Crippen LogP contribution is 2.43. The molecule has 0 radical (unpaired) electrons. The van der Waals surface area contributed by atoms with Crippen molar-refractivity contribution >= 4 is 5.91 Å². The molecule has 88 valence electrons. The van der Waals surface area contributed by atoms with Gasteiger partial charge in [0.15, 0.2) is 0 Å². The van der Waals surface area contributed by atoms with Gasteiger partial charge in [0.1, 0.15) is 0 Å². The van der Waals surface area contributed by atoms with Gasteiger partial charge in [0.2, 0.25) is 5.91 Å². The summed E-state index contributed by atoms with van der Waals surface area (Å²) in [5.74, 6) is -0.216. The van der Waals surface area contributed by atoms with E-state index in [1.165, 1.54) is 0 Å². The molecule has 0 aliphatic heterocycles. The largest absolute Gasteiger partial charge is 0.396 e. The smallest absolute Gasteiger partial charge is 0.220 e. The summed E-state index contributed by atoms with van der Waals surface area (Å²) in [5, 5.41) is 18.0. The number of hydrogen-bond acceptors (Lipinski definition) is 3. The van der Waals surface area contributed by atoms with Crippen LogP contribution in [0.3, 0.4) is 0 Å². The number of carbonyl (C=O) groups is 1. The normalized spacial score (nSPS) is 21.5. The van der Waals surface area contributed by atoms with E-state index in [0.717, 1.165) is 38.5 Å². The molecule has 1 fully saturated rings. The third kappa shape index (κ3) is 3.18. The standard InChI is InChI=1S/C11H21NO3/c12-10(15)9-1-3-11(4-2-9,5-7-13)6-8-14/h9,13-14H,1-8H2,(H2,12,15). The summed E-state index contributed by atoms with van der Waals surface area (Å²) in [4.78, 5) is 11.0. The number of hydrogen-bond donors (Lipinski definition) is 3. The van der Waals surface area contributed by atoms with Crippen LogP contribution >= 0.6 is 0 Å². The molecule has 4 N–H and O–H groups in total. The van der Waals surface area contributed by atoms with Crippen molar-refractivity contribution in [3.05, 3.63) is 0 Å². The minimum Gasteiger partial charge on any atom is -0.396 e. The molecule has 15 heavy (non-hydrogen) atoms. The summed E-state index contributed by atoms with van der Waals surface area (Å²) in [6.45, 7) is 0.308. The van der Waals surface area contributed by atoms with E-state index in [0.29, 0.717) is 0 Å². The van der Waals surface area contributed by atoms with Crippen molar-refractivity contribution in [3.8, 4) is 0 Å². The van der Waals surface area contributed by atoms with Gasteiger partial charge in [0, 0.05) is 19.1 Å². The third-order valence-corrected chi connectivity index (χ3v) is 3.73. The molecule has 0 aromatic carbocycles. The average molecular weight is 215 g/mol. The monoisotopic (exact) mass is 215 g/mol. The lowest BCUT2D eigenvalue weighted by Crippen LogP contribution is -2.34. The number of aliphatic hydroxyl groups is 2. The van der Waals surface area contributed by atoms with Crippen molar-refractivity contribution in [1.82, 2.24) is 0 Å². The molecular weight excluding hydrogens is 194 g/mol.